The first-order valence-corrected chi connectivity index (χ1v) is 12.0. The maximum absolute atomic E-state index is 11.7. The SMILES string of the molecule is CCCCCCCCCCCCCCCCNC(=O)C(=O)CCCCCC. The van der Waals surface area contributed by atoms with E-state index in [0.717, 1.165) is 38.5 Å². The molecule has 27 heavy (non-hydrogen) atoms. The molecule has 0 bridgehead atoms. The molecular weight excluding hydrogens is 334 g/mol. The Balaban J connectivity index is 3.23. The highest BCUT2D eigenvalue weighted by molar-refractivity contribution is 6.36. The van der Waals surface area contributed by atoms with Crippen molar-refractivity contribution in [3.8, 4) is 0 Å². The van der Waals surface area contributed by atoms with E-state index in [0.29, 0.717) is 13.0 Å². The summed E-state index contributed by atoms with van der Waals surface area (Å²) in [5.74, 6) is -0.613. The summed E-state index contributed by atoms with van der Waals surface area (Å²) in [6.45, 7) is 5.07. The molecule has 3 nitrogen and oxygen atoms in total. The van der Waals surface area contributed by atoms with Gasteiger partial charge in [-0.15, -0.1) is 0 Å². The van der Waals surface area contributed by atoms with E-state index in [1.54, 1.807) is 0 Å². The number of unbranched alkanes of at least 4 members (excludes halogenated alkanes) is 16. The predicted molar refractivity (Wildman–Crippen MR) is 117 cm³/mol. The topological polar surface area (TPSA) is 46.2 Å². The van der Waals surface area contributed by atoms with Crippen molar-refractivity contribution in [1.82, 2.24) is 5.32 Å². The number of carbonyl (C=O) groups excluding carboxylic acids is 2. The molecule has 3 heteroatoms. The summed E-state index contributed by atoms with van der Waals surface area (Å²) in [5.41, 5.74) is 0. The Morgan fingerprint density at radius 3 is 1.33 bits per heavy atom. The second-order valence-corrected chi connectivity index (χ2v) is 8.09. The lowest BCUT2D eigenvalue weighted by molar-refractivity contribution is -0.138. The molecule has 0 aliphatic rings. The van der Waals surface area contributed by atoms with E-state index in [-0.39, 0.29) is 11.7 Å². The zero-order chi connectivity index (χ0) is 20.0. The first kappa shape index (κ1) is 26.1. The first-order valence-electron chi connectivity index (χ1n) is 12.0. The molecule has 0 aromatic carbocycles. The van der Waals surface area contributed by atoms with Crippen LogP contribution in [0.15, 0.2) is 0 Å². The van der Waals surface area contributed by atoms with E-state index in [4.69, 9.17) is 0 Å². The molecule has 160 valence electrons. The Morgan fingerprint density at radius 2 is 0.889 bits per heavy atom. The van der Waals surface area contributed by atoms with Gasteiger partial charge in [-0.2, -0.15) is 0 Å². The lowest BCUT2D eigenvalue weighted by Crippen LogP contribution is -2.31. The summed E-state index contributed by atoms with van der Waals surface area (Å²) < 4.78 is 0. The van der Waals surface area contributed by atoms with Crippen molar-refractivity contribution in [1.29, 1.82) is 0 Å². The molecule has 0 saturated carbocycles. The molecule has 0 aromatic rings. The summed E-state index contributed by atoms with van der Waals surface area (Å²) in [7, 11) is 0. The average molecular weight is 382 g/mol. The molecule has 0 aromatic heterocycles. The molecule has 0 heterocycles. The van der Waals surface area contributed by atoms with E-state index in [1.807, 2.05) is 0 Å². The minimum atomic E-state index is -0.374. The van der Waals surface area contributed by atoms with Gasteiger partial charge in [-0.3, -0.25) is 9.59 Å². The number of hydrogen-bond donors (Lipinski definition) is 1. The minimum absolute atomic E-state index is 0.239. The summed E-state index contributed by atoms with van der Waals surface area (Å²) in [6.07, 6.45) is 23.2. The summed E-state index contributed by atoms with van der Waals surface area (Å²) >= 11 is 0. The van der Waals surface area contributed by atoms with Crippen LogP contribution in [0.25, 0.3) is 0 Å². The van der Waals surface area contributed by atoms with Gasteiger partial charge in [-0.1, -0.05) is 117 Å². The summed E-state index contributed by atoms with van der Waals surface area (Å²) in [6, 6.07) is 0. The summed E-state index contributed by atoms with van der Waals surface area (Å²) in [4.78, 5) is 23.4. The van der Waals surface area contributed by atoms with E-state index in [9.17, 15) is 9.59 Å². The van der Waals surface area contributed by atoms with E-state index in [1.165, 1.54) is 77.0 Å². The van der Waals surface area contributed by atoms with Gasteiger partial charge in [-0.25, -0.2) is 0 Å². The van der Waals surface area contributed by atoms with Crippen molar-refractivity contribution >= 4 is 11.7 Å². The highest BCUT2D eigenvalue weighted by Gasteiger charge is 2.11. The predicted octanol–water partition coefficient (Wildman–Crippen LogP) is 7.12. The number of nitrogens with one attached hydrogen (secondary N) is 1. The Bertz CT molecular complexity index is 341. The normalized spacial score (nSPS) is 10.9. The third kappa shape index (κ3) is 19.7. The second kappa shape index (κ2) is 21.4. The number of hydrogen-bond acceptors (Lipinski definition) is 2. The molecule has 0 saturated heterocycles. The van der Waals surface area contributed by atoms with Crippen LogP contribution in [0.2, 0.25) is 0 Å². The van der Waals surface area contributed by atoms with Gasteiger partial charge in [0.1, 0.15) is 0 Å². The smallest absolute Gasteiger partial charge is 0.287 e. The second-order valence-electron chi connectivity index (χ2n) is 8.09. The molecule has 0 fully saturated rings. The van der Waals surface area contributed by atoms with Crippen molar-refractivity contribution in [3.05, 3.63) is 0 Å². The first-order chi connectivity index (χ1) is 13.2. The van der Waals surface area contributed by atoms with Crippen LogP contribution in [0.5, 0.6) is 0 Å². The fraction of sp³-hybridized carbons (Fsp3) is 0.917. The van der Waals surface area contributed by atoms with Gasteiger partial charge in [0, 0.05) is 13.0 Å². The largest absolute Gasteiger partial charge is 0.350 e. The average Bonchev–Trinajstić information content (AvgIpc) is 2.67. The van der Waals surface area contributed by atoms with Gasteiger partial charge in [0.2, 0.25) is 5.78 Å². The third-order valence-corrected chi connectivity index (χ3v) is 5.33. The number of Topliss-reactive ketones (excluding diaryl/α,β-unsaturated/α-hetero) is 1. The van der Waals surface area contributed by atoms with Crippen LogP contribution in [-0.2, 0) is 9.59 Å². The molecule has 0 spiro atoms. The number of rotatable bonds is 21. The Kier molecular flexibility index (Phi) is 20.8. The fourth-order valence-corrected chi connectivity index (χ4v) is 3.45. The van der Waals surface area contributed by atoms with Crippen molar-refractivity contribution in [2.45, 2.75) is 136 Å². The van der Waals surface area contributed by atoms with Gasteiger partial charge in [0.25, 0.3) is 5.91 Å². The van der Waals surface area contributed by atoms with Crippen LogP contribution in [0, 0.1) is 0 Å². The highest BCUT2D eigenvalue weighted by atomic mass is 16.2. The van der Waals surface area contributed by atoms with Crippen molar-refractivity contribution in [3.63, 3.8) is 0 Å². The summed E-state index contributed by atoms with van der Waals surface area (Å²) in [5, 5.41) is 2.78. The maximum atomic E-state index is 11.7. The number of ketones is 1. The van der Waals surface area contributed by atoms with Crippen molar-refractivity contribution in [2.24, 2.45) is 0 Å². The zero-order valence-corrected chi connectivity index (χ0v) is 18.5. The van der Waals surface area contributed by atoms with Gasteiger partial charge in [0.05, 0.1) is 0 Å². The molecule has 0 atom stereocenters. The van der Waals surface area contributed by atoms with Crippen LogP contribution in [0.1, 0.15) is 136 Å². The van der Waals surface area contributed by atoms with Crippen LogP contribution >= 0.6 is 0 Å². The van der Waals surface area contributed by atoms with Gasteiger partial charge in [0.15, 0.2) is 0 Å². The van der Waals surface area contributed by atoms with E-state index < -0.39 is 0 Å². The van der Waals surface area contributed by atoms with Crippen molar-refractivity contribution in [2.75, 3.05) is 6.54 Å². The molecule has 0 aliphatic carbocycles. The van der Waals surface area contributed by atoms with E-state index in [2.05, 4.69) is 19.2 Å². The van der Waals surface area contributed by atoms with Gasteiger partial charge >= 0.3 is 0 Å². The molecular formula is C24H47NO2. The monoisotopic (exact) mass is 381 g/mol. The van der Waals surface area contributed by atoms with Gasteiger partial charge < -0.3 is 5.32 Å². The number of carbonyl (C=O) groups is 2. The lowest BCUT2D eigenvalue weighted by atomic mass is 10.0. The molecule has 0 radical (unpaired) electrons. The van der Waals surface area contributed by atoms with Crippen LogP contribution in [0.4, 0.5) is 0 Å². The quantitative estimate of drug-likeness (QED) is 0.170. The van der Waals surface area contributed by atoms with Crippen LogP contribution in [-0.4, -0.2) is 18.2 Å². The highest BCUT2D eigenvalue weighted by Crippen LogP contribution is 2.12. The molecule has 0 unspecified atom stereocenters. The van der Waals surface area contributed by atoms with Gasteiger partial charge in [-0.05, 0) is 12.8 Å². The molecule has 1 N–H and O–H groups in total. The van der Waals surface area contributed by atoms with Crippen LogP contribution in [0.3, 0.4) is 0 Å². The molecule has 1 amide bonds. The standard InChI is InChI=1S/C24H47NO2/c1-3-5-7-9-10-11-12-13-14-15-16-17-18-20-22-25-24(27)23(26)21-19-8-6-4-2/h3-22H2,1-2H3,(H,25,27). The van der Waals surface area contributed by atoms with Crippen molar-refractivity contribution < 1.29 is 9.59 Å². The zero-order valence-electron chi connectivity index (χ0n) is 18.5. The van der Waals surface area contributed by atoms with Crippen LogP contribution < -0.4 is 5.32 Å². The third-order valence-electron chi connectivity index (χ3n) is 5.33. The Labute approximate surface area is 169 Å². The number of amides is 1. The molecule has 0 aliphatic heterocycles. The Hall–Kier alpha value is -0.860. The lowest BCUT2D eigenvalue weighted by Gasteiger charge is -2.05. The molecule has 0 rings (SSSR count). The Morgan fingerprint density at radius 1 is 0.519 bits per heavy atom. The maximum Gasteiger partial charge on any atom is 0.287 e. The minimum Gasteiger partial charge on any atom is -0.350 e. The fourth-order valence-electron chi connectivity index (χ4n) is 3.45. The van der Waals surface area contributed by atoms with E-state index >= 15 is 0 Å².